The molecule has 1 aliphatic rings. The lowest BCUT2D eigenvalue weighted by Gasteiger charge is -2.34. The van der Waals surface area contributed by atoms with Crippen molar-refractivity contribution < 1.29 is 14.3 Å². The fourth-order valence-electron chi connectivity index (χ4n) is 2.91. The van der Waals surface area contributed by atoms with Crippen molar-refractivity contribution in [1.29, 1.82) is 0 Å². The normalized spacial score (nSPS) is 16.4. The van der Waals surface area contributed by atoms with Crippen LogP contribution in [0.15, 0.2) is 18.2 Å². The first kappa shape index (κ1) is 19.0. The molecular formula is C16H19Cl2N5O3. The number of morpholine rings is 1. The summed E-state index contributed by atoms with van der Waals surface area (Å²) >= 11 is 12.5. The van der Waals surface area contributed by atoms with E-state index in [1.54, 1.807) is 19.1 Å². The number of tetrazole rings is 1. The molecule has 1 saturated heterocycles. The number of hydrogen-bond acceptors (Lipinski definition) is 7. The molecule has 140 valence electrons. The molecule has 0 unspecified atom stereocenters. The number of rotatable bonds is 6. The van der Waals surface area contributed by atoms with E-state index in [4.69, 9.17) is 32.7 Å². The van der Waals surface area contributed by atoms with E-state index in [1.165, 1.54) is 4.68 Å². The Morgan fingerprint density at radius 1 is 1.35 bits per heavy atom. The average molecular weight is 400 g/mol. The van der Waals surface area contributed by atoms with Crippen LogP contribution < -0.4 is 0 Å². The van der Waals surface area contributed by atoms with Crippen molar-refractivity contribution in [3.63, 3.8) is 0 Å². The van der Waals surface area contributed by atoms with Crippen molar-refractivity contribution in [3.05, 3.63) is 39.6 Å². The number of nitrogens with zero attached hydrogens (tertiary/aromatic N) is 5. The zero-order valence-electron chi connectivity index (χ0n) is 14.3. The maximum absolute atomic E-state index is 11.9. The Labute approximate surface area is 161 Å². The monoisotopic (exact) mass is 399 g/mol. The Morgan fingerprint density at radius 2 is 2.12 bits per heavy atom. The second-order valence-electron chi connectivity index (χ2n) is 5.72. The second-order valence-corrected chi connectivity index (χ2v) is 6.56. The lowest BCUT2D eigenvalue weighted by Crippen LogP contribution is -2.41. The Balaban J connectivity index is 1.98. The van der Waals surface area contributed by atoms with Gasteiger partial charge in [0.25, 0.3) is 0 Å². The van der Waals surface area contributed by atoms with E-state index in [2.05, 4.69) is 20.4 Å². The molecule has 0 saturated carbocycles. The quantitative estimate of drug-likeness (QED) is 0.686. The number of esters is 1. The molecule has 3 rings (SSSR count). The van der Waals surface area contributed by atoms with Crippen LogP contribution in [0.25, 0.3) is 0 Å². The van der Waals surface area contributed by atoms with Crippen molar-refractivity contribution in [3.8, 4) is 0 Å². The molecule has 0 radical (unpaired) electrons. The van der Waals surface area contributed by atoms with Gasteiger partial charge in [-0.25, -0.2) is 4.68 Å². The van der Waals surface area contributed by atoms with Crippen LogP contribution in [0.3, 0.4) is 0 Å². The third-order valence-electron chi connectivity index (χ3n) is 4.06. The van der Waals surface area contributed by atoms with Gasteiger partial charge in [0.15, 0.2) is 5.82 Å². The Kier molecular flexibility index (Phi) is 6.42. The summed E-state index contributed by atoms with van der Waals surface area (Å²) in [7, 11) is 0. The summed E-state index contributed by atoms with van der Waals surface area (Å²) in [4.78, 5) is 14.1. The minimum atomic E-state index is -0.399. The molecule has 0 amide bonds. The first-order valence-electron chi connectivity index (χ1n) is 8.28. The molecule has 2 aromatic rings. The van der Waals surface area contributed by atoms with Crippen LogP contribution in [0.2, 0.25) is 10.0 Å². The van der Waals surface area contributed by atoms with Crippen molar-refractivity contribution >= 4 is 29.2 Å². The molecule has 1 atom stereocenters. The number of ether oxygens (including phenoxy) is 2. The van der Waals surface area contributed by atoms with Gasteiger partial charge in [-0.05, 0) is 35.0 Å². The Hall–Kier alpha value is -1.74. The number of halogens is 2. The third kappa shape index (κ3) is 4.32. The molecule has 8 nitrogen and oxygen atoms in total. The molecule has 0 spiro atoms. The van der Waals surface area contributed by atoms with Gasteiger partial charge in [-0.1, -0.05) is 29.3 Å². The second kappa shape index (κ2) is 8.77. The van der Waals surface area contributed by atoms with Crippen LogP contribution in [0.1, 0.15) is 24.4 Å². The maximum Gasteiger partial charge on any atom is 0.327 e. The molecular weight excluding hydrogens is 381 g/mol. The highest BCUT2D eigenvalue weighted by molar-refractivity contribution is 6.35. The highest BCUT2D eigenvalue weighted by Gasteiger charge is 2.31. The zero-order chi connectivity index (χ0) is 18.5. The van der Waals surface area contributed by atoms with Gasteiger partial charge in [-0.2, -0.15) is 0 Å². The SMILES string of the molecule is CCOC(=O)Cn1nnnc1[C@H](c1ccc(Cl)cc1Cl)N1CCOCC1. The molecule has 0 N–H and O–H groups in total. The van der Waals surface area contributed by atoms with Gasteiger partial charge in [-0.3, -0.25) is 9.69 Å². The van der Waals surface area contributed by atoms with Crippen molar-refractivity contribution in [1.82, 2.24) is 25.1 Å². The lowest BCUT2D eigenvalue weighted by molar-refractivity contribution is -0.144. The van der Waals surface area contributed by atoms with Crippen molar-refractivity contribution in [2.45, 2.75) is 19.5 Å². The van der Waals surface area contributed by atoms with Gasteiger partial charge in [-0.15, -0.1) is 5.10 Å². The van der Waals surface area contributed by atoms with Crippen LogP contribution in [0.4, 0.5) is 0 Å². The predicted molar refractivity (Wildman–Crippen MR) is 95.1 cm³/mol. The molecule has 1 aromatic carbocycles. The zero-order valence-corrected chi connectivity index (χ0v) is 15.8. The number of carbonyl (C=O) groups is 1. The molecule has 0 bridgehead atoms. The minimum absolute atomic E-state index is 0.0672. The summed E-state index contributed by atoms with van der Waals surface area (Å²) in [5.74, 6) is 0.119. The van der Waals surface area contributed by atoms with Gasteiger partial charge >= 0.3 is 5.97 Å². The van der Waals surface area contributed by atoms with E-state index in [-0.39, 0.29) is 12.6 Å². The van der Waals surface area contributed by atoms with E-state index in [0.29, 0.717) is 48.8 Å². The summed E-state index contributed by atoms with van der Waals surface area (Å²) in [6.07, 6.45) is 0. The molecule has 2 heterocycles. The van der Waals surface area contributed by atoms with E-state index >= 15 is 0 Å². The fraction of sp³-hybridized carbons (Fsp3) is 0.500. The summed E-state index contributed by atoms with van der Waals surface area (Å²) in [5.41, 5.74) is 0.817. The summed E-state index contributed by atoms with van der Waals surface area (Å²) in [5, 5.41) is 12.9. The smallest absolute Gasteiger partial charge is 0.327 e. The summed E-state index contributed by atoms with van der Waals surface area (Å²) in [6.45, 7) is 4.56. The van der Waals surface area contributed by atoms with E-state index in [1.807, 2.05) is 6.07 Å². The van der Waals surface area contributed by atoms with Crippen LogP contribution in [-0.2, 0) is 20.8 Å². The van der Waals surface area contributed by atoms with Gasteiger partial charge in [0.05, 0.1) is 25.9 Å². The van der Waals surface area contributed by atoms with Gasteiger partial charge in [0, 0.05) is 23.1 Å². The number of carbonyl (C=O) groups excluding carboxylic acids is 1. The number of aromatic nitrogens is 4. The highest BCUT2D eigenvalue weighted by atomic mass is 35.5. The van der Waals surface area contributed by atoms with Crippen LogP contribution in [0.5, 0.6) is 0 Å². The molecule has 1 fully saturated rings. The van der Waals surface area contributed by atoms with Crippen molar-refractivity contribution in [2.24, 2.45) is 0 Å². The van der Waals surface area contributed by atoms with E-state index < -0.39 is 5.97 Å². The molecule has 10 heteroatoms. The van der Waals surface area contributed by atoms with Gasteiger partial charge < -0.3 is 9.47 Å². The molecule has 1 aromatic heterocycles. The summed E-state index contributed by atoms with van der Waals surface area (Å²) < 4.78 is 11.9. The van der Waals surface area contributed by atoms with Crippen molar-refractivity contribution in [2.75, 3.05) is 32.9 Å². The fourth-order valence-corrected chi connectivity index (χ4v) is 3.42. The first-order chi connectivity index (χ1) is 12.6. The van der Waals surface area contributed by atoms with E-state index in [0.717, 1.165) is 5.56 Å². The maximum atomic E-state index is 11.9. The molecule has 0 aliphatic carbocycles. The number of hydrogen-bond donors (Lipinski definition) is 0. The third-order valence-corrected chi connectivity index (χ3v) is 4.62. The Morgan fingerprint density at radius 3 is 2.81 bits per heavy atom. The standard InChI is InChI=1S/C16H19Cl2N5O3/c1-2-26-14(24)10-23-16(19-20-21-23)15(22-5-7-25-8-6-22)12-4-3-11(17)9-13(12)18/h3-4,9,15H,2,5-8,10H2,1H3/t15-/m0/s1. The largest absolute Gasteiger partial charge is 0.465 e. The first-order valence-corrected chi connectivity index (χ1v) is 9.04. The molecule has 1 aliphatic heterocycles. The summed E-state index contributed by atoms with van der Waals surface area (Å²) in [6, 6.07) is 4.99. The predicted octanol–water partition coefficient (Wildman–Crippen LogP) is 1.96. The topological polar surface area (TPSA) is 82.4 Å². The van der Waals surface area contributed by atoms with Crippen LogP contribution >= 0.6 is 23.2 Å². The van der Waals surface area contributed by atoms with Crippen LogP contribution in [-0.4, -0.2) is 64.0 Å². The molecule has 26 heavy (non-hydrogen) atoms. The average Bonchev–Trinajstić information content (AvgIpc) is 3.06. The van der Waals surface area contributed by atoms with Crippen LogP contribution in [0, 0.1) is 0 Å². The Bertz CT molecular complexity index is 764. The number of benzene rings is 1. The van der Waals surface area contributed by atoms with E-state index in [9.17, 15) is 4.79 Å². The van der Waals surface area contributed by atoms with Gasteiger partial charge in [0.1, 0.15) is 6.54 Å². The lowest BCUT2D eigenvalue weighted by atomic mass is 10.0. The minimum Gasteiger partial charge on any atom is -0.465 e. The van der Waals surface area contributed by atoms with Gasteiger partial charge in [0.2, 0.25) is 0 Å². The highest BCUT2D eigenvalue weighted by Crippen LogP contribution is 2.34.